The number of hydrogen-bond acceptors (Lipinski definition) is 8. The highest BCUT2D eigenvalue weighted by atomic mass is 16.5. The van der Waals surface area contributed by atoms with Crippen LogP contribution < -0.4 is 10.5 Å². The third kappa shape index (κ3) is 4.85. The highest BCUT2D eigenvalue weighted by Gasteiger charge is 2.24. The molecule has 4 heterocycles. The predicted molar refractivity (Wildman–Crippen MR) is 150 cm³/mol. The molecule has 10 heteroatoms. The lowest BCUT2D eigenvalue weighted by atomic mass is 9.98. The zero-order valence-electron chi connectivity index (χ0n) is 22.4. The normalized spacial score (nSPS) is 16.8. The van der Waals surface area contributed by atoms with Gasteiger partial charge in [0.2, 0.25) is 0 Å². The van der Waals surface area contributed by atoms with E-state index in [4.69, 9.17) is 14.1 Å². The lowest BCUT2D eigenvalue weighted by molar-refractivity contribution is 0.0778. The zero-order valence-corrected chi connectivity index (χ0v) is 22.4. The summed E-state index contributed by atoms with van der Waals surface area (Å²) >= 11 is 0. The van der Waals surface area contributed by atoms with Crippen LogP contribution in [0.3, 0.4) is 0 Å². The molecule has 204 valence electrons. The Morgan fingerprint density at radius 1 is 1.23 bits per heavy atom. The lowest BCUT2D eigenvalue weighted by Crippen LogP contribution is -2.41. The first-order valence-corrected chi connectivity index (χ1v) is 13.4. The first-order valence-electron chi connectivity index (χ1n) is 13.4. The SMILES string of the molecule is CC(O)CN1CCC[C@@H](COc2nc(-c3ccc(C#N)cc3)c(-c3ccc4c(c3)oc(=O)n4C)c3nccn23)C1. The van der Waals surface area contributed by atoms with Crippen LogP contribution >= 0.6 is 0 Å². The molecule has 10 nitrogen and oxygen atoms in total. The van der Waals surface area contributed by atoms with Crippen molar-refractivity contribution in [2.24, 2.45) is 13.0 Å². The number of ether oxygens (including phenoxy) is 1. The van der Waals surface area contributed by atoms with Crippen molar-refractivity contribution in [1.82, 2.24) is 23.8 Å². The number of rotatable bonds is 7. The molecule has 1 unspecified atom stereocenters. The smallest absolute Gasteiger partial charge is 0.419 e. The average Bonchev–Trinajstić information content (AvgIpc) is 3.55. The summed E-state index contributed by atoms with van der Waals surface area (Å²) in [6, 6.07) is 15.4. The fraction of sp³-hybridized carbons (Fsp3) is 0.333. The maximum absolute atomic E-state index is 12.1. The van der Waals surface area contributed by atoms with Gasteiger partial charge in [0.15, 0.2) is 11.2 Å². The van der Waals surface area contributed by atoms with Crippen molar-refractivity contribution < 1.29 is 14.3 Å². The number of imidazole rings is 1. The van der Waals surface area contributed by atoms with Gasteiger partial charge in [0.05, 0.1) is 41.1 Å². The number of aliphatic hydroxyl groups is 1. The van der Waals surface area contributed by atoms with Crippen molar-refractivity contribution in [2.45, 2.75) is 25.9 Å². The van der Waals surface area contributed by atoms with Crippen molar-refractivity contribution in [1.29, 1.82) is 5.26 Å². The van der Waals surface area contributed by atoms with E-state index in [-0.39, 0.29) is 6.10 Å². The van der Waals surface area contributed by atoms with Gasteiger partial charge in [-0.1, -0.05) is 18.2 Å². The van der Waals surface area contributed by atoms with Crippen molar-refractivity contribution >= 4 is 16.7 Å². The molecule has 0 bridgehead atoms. The largest absolute Gasteiger partial charge is 0.464 e. The van der Waals surface area contributed by atoms with E-state index in [1.807, 2.05) is 47.9 Å². The molecule has 0 saturated carbocycles. The first kappa shape index (κ1) is 25.8. The molecule has 0 amide bonds. The van der Waals surface area contributed by atoms with Crippen LogP contribution in [0.1, 0.15) is 25.3 Å². The van der Waals surface area contributed by atoms with E-state index >= 15 is 0 Å². The molecule has 0 aliphatic carbocycles. The van der Waals surface area contributed by atoms with E-state index in [1.165, 1.54) is 4.57 Å². The number of hydrogen-bond donors (Lipinski definition) is 1. The predicted octanol–water partition coefficient (Wildman–Crippen LogP) is 3.85. The van der Waals surface area contributed by atoms with Gasteiger partial charge in [-0.05, 0) is 56.1 Å². The first-order chi connectivity index (χ1) is 19.4. The Balaban J connectivity index is 1.43. The Morgan fingerprint density at radius 3 is 2.80 bits per heavy atom. The summed E-state index contributed by atoms with van der Waals surface area (Å²) in [5.74, 6) is -0.115. The molecule has 3 aromatic heterocycles. The molecule has 1 N–H and O–H groups in total. The molecule has 1 saturated heterocycles. The van der Waals surface area contributed by atoms with Gasteiger partial charge in [-0.25, -0.2) is 9.78 Å². The maximum Gasteiger partial charge on any atom is 0.419 e. The van der Waals surface area contributed by atoms with Crippen molar-refractivity contribution in [3.05, 3.63) is 71.0 Å². The van der Waals surface area contributed by atoms with E-state index in [9.17, 15) is 15.2 Å². The Morgan fingerprint density at radius 2 is 2.02 bits per heavy atom. The van der Waals surface area contributed by atoms with Crippen LogP contribution in [0.4, 0.5) is 0 Å². The Hall–Kier alpha value is -4.46. The maximum atomic E-state index is 12.1. The number of likely N-dealkylation sites (tertiary alicyclic amines) is 1. The second-order valence-electron chi connectivity index (χ2n) is 10.5. The molecular weight excluding hydrogens is 508 g/mol. The number of aromatic nitrogens is 4. The number of benzene rings is 2. The molecule has 2 atom stereocenters. The van der Waals surface area contributed by atoms with Crippen molar-refractivity contribution in [2.75, 3.05) is 26.2 Å². The van der Waals surface area contributed by atoms with Crippen LogP contribution in [0.2, 0.25) is 0 Å². The van der Waals surface area contributed by atoms with Crippen molar-refractivity contribution in [3.8, 4) is 34.5 Å². The fourth-order valence-corrected chi connectivity index (χ4v) is 5.54. The van der Waals surface area contributed by atoms with Gasteiger partial charge >= 0.3 is 11.8 Å². The molecule has 6 rings (SSSR count). The van der Waals surface area contributed by atoms with Crippen LogP contribution in [0.15, 0.2) is 64.1 Å². The Bertz CT molecular complexity index is 1780. The van der Waals surface area contributed by atoms with Gasteiger partial charge in [0.1, 0.15) is 0 Å². The Labute approximate surface area is 230 Å². The van der Waals surface area contributed by atoms with E-state index in [2.05, 4.69) is 16.0 Å². The van der Waals surface area contributed by atoms with Gasteiger partial charge in [-0.3, -0.25) is 8.97 Å². The summed E-state index contributed by atoms with van der Waals surface area (Å²) in [6.07, 6.45) is 5.28. The van der Waals surface area contributed by atoms with Crippen molar-refractivity contribution in [3.63, 3.8) is 0 Å². The van der Waals surface area contributed by atoms with Crippen LogP contribution in [0, 0.1) is 17.2 Å². The number of oxazole rings is 1. The van der Waals surface area contributed by atoms with E-state index < -0.39 is 5.76 Å². The molecule has 1 aliphatic heterocycles. The molecule has 2 aromatic carbocycles. The molecule has 1 fully saturated rings. The van der Waals surface area contributed by atoms with Crippen LogP contribution in [-0.4, -0.2) is 61.3 Å². The summed E-state index contributed by atoms with van der Waals surface area (Å²) in [7, 11) is 1.67. The van der Waals surface area contributed by atoms with E-state index in [0.29, 0.717) is 53.1 Å². The summed E-state index contributed by atoms with van der Waals surface area (Å²) < 4.78 is 15.1. The third-order valence-corrected chi connectivity index (χ3v) is 7.46. The van der Waals surface area contributed by atoms with Gasteiger partial charge in [0.25, 0.3) is 0 Å². The minimum atomic E-state index is -0.429. The summed E-state index contributed by atoms with van der Waals surface area (Å²) in [4.78, 5) is 24.1. The van der Waals surface area contributed by atoms with Crippen LogP contribution in [0.25, 0.3) is 39.1 Å². The number of nitriles is 1. The Kier molecular flexibility index (Phi) is 6.84. The van der Waals surface area contributed by atoms with Crippen LogP contribution in [0.5, 0.6) is 6.01 Å². The minimum Gasteiger partial charge on any atom is -0.464 e. The number of aliphatic hydroxyl groups excluding tert-OH is 1. The summed E-state index contributed by atoms with van der Waals surface area (Å²) in [6.45, 7) is 4.80. The number of piperidine rings is 1. The highest BCUT2D eigenvalue weighted by molar-refractivity contribution is 5.93. The molecule has 1 aliphatic rings. The number of β-amino-alcohol motifs (C(OH)–C–C–N with tert-alkyl or cyclic N) is 1. The van der Waals surface area contributed by atoms with E-state index in [1.54, 1.807) is 25.4 Å². The molecule has 5 aromatic rings. The van der Waals surface area contributed by atoms with Gasteiger partial charge < -0.3 is 19.2 Å². The fourth-order valence-electron chi connectivity index (χ4n) is 5.54. The highest BCUT2D eigenvalue weighted by Crippen LogP contribution is 2.37. The molecular formula is C30H30N6O4. The molecule has 40 heavy (non-hydrogen) atoms. The van der Waals surface area contributed by atoms with Gasteiger partial charge in [0, 0.05) is 44.0 Å². The number of nitrogens with zero attached hydrogens (tertiary/aromatic N) is 6. The third-order valence-electron chi connectivity index (χ3n) is 7.46. The zero-order chi connectivity index (χ0) is 27.8. The standard InChI is InChI=1S/C30H30N6O4/c1-19(37)16-35-12-3-4-21(17-35)18-39-29-33-27(22-7-5-20(15-31)6-8-22)26(28-32-11-13-36(28)29)23-9-10-24-25(14-23)40-30(38)34(24)2/h5-11,13-14,19,21,37H,3-4,12,16-18H2,1-2H3/t19?,21-/m1/s1. The second-order valence-corrected chi connectivity index (χ2v) is 10.5. The summed E-state index contributed by atoms with van der Waals surface area (Å²) in [5, 5.41) is 19.1. The van der Waals surface area contributed by atoms with E-state index in [0.717, 1.165) is 42.6 Å². The van der Waals surface area contributed by atoms with Gasteiger partial charge in [-0.15, -0.1) is 0 Å². The average molecular weight is 539 g/mol. The monoisotopic (exact) mass is 538 g/mol. The number of aryl methyl sites for hydroxylation is 1. The minimum absolute atomic E-state index is 0.314. The summed E-state index contributed by atoms with van der Waals surface area (Å²) in [5.41, 5.74) is 5.37. The lowest BCUT2D eigenvalue weighted by Gasteiger charge is -2.33. The topological polar surface area (TPSA) is 122 Å². The molecule has 0 spiro atoms. The van der Waals surface area contributed by atoms with Gasteiger partial charge in [-0.2, -0.15) is 10.2 Å². The quantitative estimate of drug-likeness (QED) is 0.332. The molecule has 0 radical (unpaired) electrons. The second kappa shape index (κ2) is 10.6. The van der Waals surface area contributed by atoms with Crippen LogP contribution in [-0.2, 0) is 7.05 Å². The number of fused-ring (bicyclic) bond motifs is 2.